The molecular weight excluding hydrogens is 380 g/mol. The number of benzene rings is 1. The second-order valence-electron chi connectivity index (χ2n) is 9.94. The number of hydrogen-bond donors (Lipinski definition) is 2. The van der Waals surface area contributed by atoms with Crippen molar-refractivity contribution < 1.29 is 19.3 Å². The smallest absolute Gasteiger partial charge is 0.336 e. The Bertz CT molecular complexity index is 945. The lowest BCUT2D eigenvalue weighted by atomic mass is 9.79. The molecule has 0 spiro atoms. The van der Waals surface area contributed by atoms with Crippen molar-refractivity contribution in [3.05, 3.63) is 40.2 Å². The van der Waals surface area contributed by atoms with Crippen molar-refractivity contribution in [1.82, 2.24) is 5.32 Å². The third-order valence-electron chi connectivity index (χ3n) is 5.66. The number of carbonyl (C=O) groups excluding carboxylic acids is 1. The Kier molecular flexibility index (Phi) is 6.56. The number of nitrogens with two attached hydrogens (primary N) is 1. The lowest BCUT2D eigenvalue weighted by molar-refractivity contribution is -0.787. The Labute approximate surface area is 178 Å². The van der Waals surface area contributed by atoms with Gasteiger partial charge in [0.25, 0.3) is 5.91 Å². The third kappa shape index (κ3) is 5.85. The van der Waals surface area contributed by atoms with Crippen LogP contribution in [-0.2, 0) is 11.2 Å². The van der Waals surface area contributed by atoms with Crippen LogP contribution in [0.3, 0.4) is 0 Å². The van der Waals surface area contributed by atoms with Crippen LogP contribution in [0.2, 0.25) is 0 Å². The van der Waals surface area contributed by atoms with Gasteiger partial charge in [-0.1, -0.05) is 13.3 Å². The standard InChI is InChI=1S/C24H34N2O4/c1-6-7-8-16-11-22(28)30-20-12-18(9-10-19(16)20)29-15-21(27)25-17-13-23(2,3)26-24(4,5)14-17/h9-12,17,26H,6-8,13-15H2,1-5H3,(H,25,27)/p+1. The van der Waals surface area contributed by atoms with E-state index in [9.17, 15) is 9.59 Å². The van der Waals surface area contributed by atoms with Crippen molar-refractivity contribution in [3.63, 3.8) is 0 Å². The van der Waals surface area contributed by atoms with Crippen molar-refractivity contribution in [2.24, 2.45) is 0 Å². The predicted octanol–water partition coefficient (Wildman–Crippen LogP) is 2.91. The van der Waals surface area contributed by atoms with Gasteiger partial charge in [-0.2, -0.15) is 0 Å². The van der Waals surface area contributed by atoms with Gasteiger partial charge in [0.1, 0.15) is 11.3 Å². The minimum absolute atomic E-state index is 0.0632. The maximum atomic E-state index is 12.5. The van der Waals surface area contributed by atoms with E-state index in [-0.39, 0.29) is 35.3 Å². The summed E-state index contributed by atoms with van der Waals surface area (Å²) in [5.41, 5.74) is 1.31. The summed E-state index contributed by atoms with van der Waals surface area (Å²) in [7, 11) is 0. The average Bonchev–Trinajstić information content (AvgIpc) is 2.61. The topological polar surface area (TPSA) is 85.1 Å². The molecule has 3 N–H and O–H groups in total. The summed E-state index contributed by atoms with van der Waals surface area (Å²) < 4.78 is 11.1. The number of quaternary nitrogens is 1. The van der Waals surface area contributed by atoms with Gasteiger partial charge in [-0.25, -0.2) is 4.79 Å². The number of ether oxygens (including phenoxy) is 1. The number of aryl methyl sites for hydroxylation is 1. The molecule has 0 radical (unpaired) electrons. The second-order valence-corrected chi connectivity index (χ2v) is 9.94. The van der Waals surface area contributed by atoms with Gasteiger partial charge in [-0.15, -0.1) is 0 Å². The van der Waals surface area contributed by atoms with E-state index < -0.39 is 0 Å². The molecule has 1 aromatic carbocycles. The molecule has 2 aromatic rings. The van der Waals surface area contributed by atoms with Gasteiger partial charge in [0, 0.05) is 36.4 Å². The maximum absolute atomic E-state index is 12.5. The molecule has 1 aliphatic rings. The molecule has 0 unspecified atom stereocenters. The fraction of sp³-hybridized carbons (Fsp3) is 0.583. The summed E-state index contributed by atoms with van der Waals surface area (Å²) in [6, 6.07) is 7.12. The predicted molar refractivity (Wildman–Crippen MR) is 118 cm³/mol. The van der Waals surface area contributed by atoms with E-state index in [2.05, 4.69) is 45.3 Å². The lowest BCUT2D eigenvalue weighted by Gasteiger charge is -2.43. The van der Waals surface area contributed by atoms with Crippen LogP contribution in [0.15, 0.2) is 33.5 Å². The number of unbranched alkanes of at least 4 members (excludes halogenated alkanes) is 1. The maximum Gasteiger partial charge on any atom is 0.336 e. The molecule has 1 aliphatic heterocycles. The fourth-order valence-corrected chi connectivity index (χ4v) is 4.91. The van der Waals surface area contributed by atoms with Gasteiger partial charge in [-0.05, 0) is 58.2 Å². The highest BCUT2D eigenvalue weighted by molar-refractivity contribution is 5.82. The Hall–Kier alpha value is -2.34. The van der Waals surface area contributed by atoms with Crippen LogP contribution in [0, 0.1) is 0 Å². The zero-order valence-electron chi connectivity index (χ0n) is 18.8. The van der Waals surface area contributed by atoms with E-state index in [0.29, 0.717) is 11.3 Å². The van der Waals surface area contributed by atoms with E-state index in [1.807, 2.05) is 12.1 Å². The zero-order chi connectivity index (χ0) is 21.9. The molecule has 30 heavy (non-hydrogen) atoms. The number of amides is 1. The highest BCUT2D eigenvalue weighted by Crippen LogP contribution is 2.24. The third-order valence-corrected chi connectivity index (χ3v) is 5.66. The van der Waals surface area contributed by atoms with Crippen molar-refractivity contribution in [1.29, 1.82) is 0 Å². The first kappa shape index (κ1) is 22.3. The Morgan fingerprint density at radius 1 is 1.20 bits per heavy atom. The molecule has 6 nitrogen and oxygen atoms in total. The van der Waals surface area contributed by atoms with E-state index in [1.165, 1.54) is 0 Å². The molecule has 0 atom stereocenters. The normalized spacial score (nSPS) is 18.3. The van der Waals surface area contributed by atoms with Crippen molar-refractivity contribution in [3.8, 4) is 5.75 Å². The minimum atomic E-state index is -0.358. The number of nitrogens with one attached hydrogen (secondary N) is 1. The largest absolute Gasteiger partial charge is 0.484 e. The summed E-state index contributed by atoms with van der Waals surface area (Å²) in [4.78, 5) is 24.4. The first-order chi connectivity index (χ1) is 14.1. The van der Waals surface area contributed by atoms with E-state index in [4.69, 9.17) is 9.15 Å². The molecule has 1 aromatic heterocycles. The van der Waals surface area contributed by atoms with Crippen LogP contribution in [-0.4, -0.2) is 29.6 Å². The second kappa shape index (κ2) is 8.80. The highest BCUT2D eigenvalue weighted by Gasteiger charge is 2.42. The van der Waals surface area contributed by atoms with Crippen molar-refractivity contribution in [2.75, 3.05) is 6.61 Å². The van der Waals surface area contributed by atoms with Crippen molar-refractivity contribution in [2.45, 2.75) is 83.8 Å². The van der Waals surface area contributed by atoms with Crippen LogP contribution in [0.4, 0.5) is 0 Å². The molecule has 1 amide bonds. The lowest BCUT2D eigenvalue weighted by Crippen LogP contribution is -3.06. The van der Waals surface area contributed by atoms with Gasteiger partial charge >= 0.3 is 5.63 Å². The first-order valence-corrected chi connectivity index (χ1v) is 10.9. The van der Waals surface area contributed by atoms with Crippen LogP contribution >= 0.6 is 0 Å². The van der Waals surface area contributed by atoms with Crippen LogP contribution < -0.4 is 21.0 Å². The summed E-state index contributed by atoms with van der Waals surface area (Å²) in [5.74, 6) is 0.387. The monoisotopic (exact) mass is 415 g/mol. The summed E-state index contributed by atoms with van der Waals surface area (Å²) in [5, 5.41) is 6.43. The van der Waals surface area contributed by atoms with Gasteiger partial charge < -0.3 is 19.8 Å². The summed E-state index contributed by atoms with van der Waals surface area (Å²) in [6.07, 6.45) is 4.76. The van der Waals surface area contributed by atoms with Crippen LogP contribution in [0.1, 0.15) is 65.9 Å². The molecule has 0 aliphatic carbocycles. The van der Waals surface area contributed by atoms with Crippen LogP contribution in [0.5, 0.6) is 5.75 Å². The minimum Gasteiger partial charge on any atom is -0.484 e. The van der Waals surface area contributed by atoms with Crippen LogP contribution in [0.25, 0.3) is 11.0 Å². The molecule has 1 saturated heterocycles. The van der Waals surface area contributed by atoms with Gasteiger partial charge in [0.2, 0.25) is 0 Å². The molecule has 2 heterocycles. The van der Waals surface area contributed by atoms with Gasteiger partial charge in [0.05, 0.1) is 11.1 Å². The molecule has 0 saturated carbocycles. The average molecular weight is 416 g/mol. The molecule has 6 heteroatoms. The van der Waals surface area contributed by atoms with E-state index in [1.54, 1.807) is 12.1 Å². The number of rotatable bonds is 7. The number of carbonyl (C=O) groups is 1. The fourth-order valence-electron chi connectivity index (χ4n) is 4.91. The summed E-state index contributed by atoms with van der Waals surface area (Å²) >= 11 is 0. The number of hydrogen-bond acceptors (Lipinski definition) is 4. The van der Waals surface area contributed by atoms with Crippen molar-refractivity contribution >= 4 is 16.9 Å². The Morgan fingerprint density at radius 2 is 1.90 bits per heavy atom. The SMILES string of the molecule is CCCCc1cc(=O)oc2cc(OCC(=O)NC3CC(C)(C)[NH2+]C(C)(C)C3)ccc12. The van der Waals surface area contributed by atoms with Gasteiger partial charge in [-0.3, -0.25) is 4.79 Å². The molecule has 164 valence electrons. The Morgan fingerprint density at radius 3 is 2.57 bits per heavy atom. The van der Waals surface area contributed by atoms with Gasteiger partial charge in [0.15, 0.2) is 6.61 Å². The molecule has 1 fully saturated rings. The van der Waals surface area contributed by atoms with E-state index >= 15 is 0 Å². The van der Waals surface area contributed by atoms with E-state index in [0.717, 1.165) is 43.1 Å². The first-order valence-electron chi connectivity index (χ1n) is 10.9. The Balaban J connectivity index is 1.64. The molecular formula is C24H35N2O4+. The highest BCUT2D eigenvalue weighted by atomic mass is 16.5. The summed E-state index contributed by atoms with van der Waals surface area (Å²) in [6.45, 7) is 10.9. The number of fused-ring (bicyclic) bond motifs is 1. The number of piperidine rings is 1. The zero-order valence-corrected chi connectivity index (χ0v) is 18.8. The quantitative estimate of drug-likeness (QED) is 0.681. The molecule has 3 rings (SSSR count). The molecule has 0 bridgehead atoms.